The Bertz CT molecular complexity index is 409. The molecule has 0 aliphatic rings. The molecule has 1 aromatic heterocycles. The topological polar surface area (TPSA) is 129 Å². The van der Waals surface area contributed by atoms with Crippen molar-refractivity contribution in [1.29, 1.82) is 0 Å². The molecule has 0 unspecified atom stereocenters. The molecule has 0 aromatic carbocycles. The first kappa shape index (κ1) is 13.9. The average Bonchev–Trinajstić information content (AvgIpc) is 2.22. The molecule has 8 nitrogen and oxygen atoms in total. The van der Waals surface area contributed by atoms with Crippen LogP contribution in [0, 0.1) is 0 Å². The Hall–Kier alpha value is -2.12. The zero-order valence-electron chi connectivity index (χ0n) is 10.5. The van der Waals surface area contributed by atoms with E-state index in [4.69, 9.17) is 16.2 Å². The number of amides is 1. The van der Waals surface area contributed by atoms with E-state index in [1.165, 1.54) is 0 Å². The molecule has 0 aliphatic heterocycles. The van der Waals surface area contributed by atoms with E-state index in [1.54, 1.807) is 0 Å². The summed E-state index contributed by atoms with van der Waals surface area (Å²) in [6.45, 7) is 4.24. The summed E-state index contributed by atoms with van der Waals surface area (Å²) < 4.78 is 5.32. The smallest absolute Gasteiger partial charge is 0.323 e. The lowest BCUT2D eigenvalue weighted by Gasteiger charge is -2.09. The van der Waals surface area contributed by atoms with Gasteiger partial charge >= 0.3 is 6.01 Å². The van der Waals surface area contributed by atoms with E-state index < -0.39 is 0 Å². The summed E-state index contributed by atoms with van der Waals surface area (Å²) in [7, 11) is 0. The maximum absolute atomic E-state index is 10.6. The molecule has 0 spiro atoms. The molecule has 18 heavy (non-hydrogen) atoms. The highest BCUT2D eigenvalue weighted by Crippen LogP contribution is 2.10. The zero-order valence-corrected chi connectivity index (χ0v) is 10.5. The maximum Gasteiger partial charge on any atom is 0.323 e. The molecule has 1 amide bonds. The van der Waals surface area contributed by atoms with E-state index in [0.717, 1.165) is 0 Å². The van der Waals surface area contributed by atoms with Crippen molar-refractivity contribution in [1.82, 2.24) is 15.0 Å². The molecule has 8 heteroatoms. The van der Waals surface area contributed by atoms with Crippen molar-refractivity contribution >= 4 is 17.8 Å². The Morgan fingerprint density at radius 3 is 2.72 bits per heavy atom. The molecule has 100 valence electrons. The number of nitrogens with zero attached hydrogens (tertiary/aromatic N) is 3. The molecule has 0 bridgehead atoms. The number of carbonyl (C=O) groups excluding carboxylic acids is 1. The van der Waals surface area contributed by atoms with Crippen LogP contribution in [0.2, 0.25) is 0 Å². The summed E-state index contributed by atoms with van der Waals surface area (Å²) in [5.41, 5.74) is 10.6. The predicted octanol–water partition coefficient (Wildman–Crippen LogP) is -0.0816. The fourth-order valence-electron chi connectivity index (χ4n) is 1.18. The molecular formula is C10H18N6O2. The van der Waals surface area contributed by atoms with Crippen molar-refractivity contribution < 1.29 is 9.53 Å². The maximum atomic E-state index is 10.6. The second-order valence-electron chi connectivity index (χ2n) is 3.96. The standard InChI is InChI=1S/C10H18N6O2/c1-6(2)18-10-15-8(12)14-9(16-10)13-5-3-4-7(11)17/h6H,3-5H2,1-2H3,(H2,11,17)(H3,12,13,14,15,16). The number of nitrogens with one attached hydrogen (secondary N) is 1. The number of anilines is 2. The van der Waals surface area contributed by atoms with Crippen LogP contribution < -0.4 is 21.5 Å². The molecule has 0 saturated heterocycles. The molecule has 0 saturated carbocycles. The third-order valence-corrected chi connectivity index (χ3v) is 1.86. The van der Waals surface area contributed by atoms with E-state index in [2.05, 4.69) is 20.3 Å². The van der Waals surface area contributed by atoms with Crippen LogP contribution in [-0.4, -0.2) is 33.5 Å². The van der Waals surface area contributed by atoms with Crippen molar-refractivity contribution in [3.8, 4) is 6.01 Å². The van der Waals surface area contributed by atoms with Gasteiger partial charge in [-0.05, 0) is 20.3 Å². The molecule has 5 N–H and O–H groups in total. The Morgan fingerprint density at radius 2 is 2.11 bits per heavy atom. The highest BCUT2D eigenvalue weighted by atomic mass is 16.5. The fourth-order valence-corrected chi connectivity index (χ4v) is 1.18. The van der Waals surface area contributed by atoms with Crippen LogP contribution in [0.3, 0.4) is 0 Å². The van der Waals surface area contributed by atoms with Crippen LogP contribution in [-0.2, 0) is 4.79 Å². The second kappa shape index (κ2) is 6.58. The molecule has 1 heterocycles. The number of carbonyl (C=O) groups is 1. The Balaban J connectivity index is 2.54. The average molecular weight is 254 g/mol. The van der Waals surface area contributed by atoms with Gasteiger partial charge in [-0.2, -0.15) is 15.0 Å². The fraction of sp³-hybridized carbons (Fsp3) is 0.600. The summed E-state index contributed by atoms with van der Waals surface area (Å²) in [6.07, 6.45) is 0.860. The van der Waals surface area contributed by atoms with Crippen molar-refractivity contribution in [2.24, 2.45) is 5.73 Å². The number of primary amides is 1. The van der Waals surface area contributed by atoms with E-state index in [0.29, 0.717) is 25.3 Å². The Morgan fingerprint density at radius 1 is 1.39 bits per heavy atom. The minimum absolute atomic E-state index is 0.0467. The number of hydrogen-bond donors (Lipinski definition) is 3. The lowest BCUT2D eigenvalue weighted by atomic mass is 10.3. The van der Waals surface area contributed by atoms with Gasteiger partial charge in [0.15, 0.2) is 0 Å². The summed E-state index contributed by atoms with van der Waals surface area (Å²) in [6, 6.07) is 0.176. The summed E-state index contributed by atoms with van der Waals surface area (Å²) >= 11 is 0. The first-order valence-electron chi connectivity index (χ1n) is 5.67. The minimum atomic E-state index is -0.337. The number of aromatic nitrogens is 3. The second-order valence-corrected chi connectivity index (χ2v) is 3.96. The van der Waals surface area contributed by atoms with E-state index in [-0.39, 0.29) is 24.0 Å². The third kappa shape index (κ3) is 5.28. The lowest BCUT2D eigenvalue weighted by molar-refractivity contribution is -0.118. The number of ether oxygens (including phenoxy) is 1. The largest absolute Gasteiger partial charge is 0.461 e. The van der Waals surface area contributed by atoms with Crippen LogP contribution >= 0.6 is 0 Å². The first-order valence-corrected chi connectivity index (χ1v) is 5.67. The number of nitrogens with two attached hydrogens (primary N) is 2. The third-order valence-electron chi connectivity index (χ3n) is 1.86. The molecule has 0 radical (unpaired) electrons. The van der Waals surface area contributed by atoms with Gasteiger partial charge in [-0.1, -0.05) is 0 Å². The van der Waals surface area contributed by atoms with Gasteiger partial charge in [0.25, 0.3) is 0 Å². The van der Waals surface area contributed by atoms with Crippen LogP contribution in [0.15, 0.2) is 0 Å². The highest BCUT2D eigenvalue weighted by molar-refractivity contribution is 5.73. The van der Waals surface area contributed by atoms with Gasteiger partial charge in [0.2, 0.25) is 17.8 Å². The zero-order chi connectivity index (χ0) is 13.5. The molecule has 1 aromatic rings. The van der Waals surface area contributed by atoms with Gasteiger partial charge in [0, 0.05) is 13.0 Å². The van der Waals surface area contributed by atoms with E-state index >= 15 is 0 Å². The van der Waals surface area contributed by atoms with Gasteiger partial charge in [-0.15, -0.1) is 0 Å². The summed E-state index contributed by atoms with van der Waals surface area (Å²) in [5, 5.41) is 2.92. The number of hydrogen-bond acceptors (Lipinski definition) is 7. The van der Waals surface area contributed by atoms with Crippen LogP contribution in [0.25, 0.3) is 0 Å². The van der Waals surface area contributed by atoms with E-state index in [9.17, 15) is 4.79 Å². The first-order chi connectivity index (χ1) is 8.47. The van der Waals surface area contributed by atoms with Crippen molar-refractivity contribution in [2.75, 3.05) is 17.6 Å². The molecular weight excluding hydrogens is 236 g/mol. The van der Waals surface area contributed by atoms with E-state index in [1.807, 2.05) is 13.8 Å². The summed E-state index contributed by atoms with van der Waals surface area (Å²) in [5.74, 6) is 0.0662. The predicted molar refractivity (Wildman–Crippen MR) is 66.9 cm³/mol. The van der Waals surface area contributed by atoms with Gasteiger partial charge in [0.05, 0.1) is 6.10 Å². The van der Waals surface area contributed by atoms with Gasteiger partial charge < -0.3 is 21.5 Å². The lowest BCUT2D eigenvalue weighted by Crippen LogP contribution is -2.15. The molecule has 1 rings (SSSR count). The van der Waals surface area contributed by atoms with Crippen molar-refractivity contribution in [2.45, 2.75) is 32.8 Å². The van der Waals surface area contributed by atoms with Crippen LogP contribution in [0.4, 0.5) is 11.9 Å². The minimum Gasteiger partial charge on any atom is -0.461 e. The van der Waals surface area contributed by atoms with Crippen molar-refractivity contribution in [3.63, 3.8) is 0 Å². The van der Waals surface area contributed by atoms with Crippen LogP contribution in [0.1, 0.15) is 26.7 Å². The quantitative estimate of drug-likeness (QED) is 0.580. The van der Waals surface area contributed by atoms with Gasteiger partial charge in [0.1, 0.15) is 0 Å². The number of nitrogen functional groups attached to an aromatic ring is 1. The monoisotopic (exact) mass is 254 g/mol. The van der Waals surface area contributed by atoms with Gasteiger partial charge in [-0.3, -0.25) is 4.79 Å². The summed E-state index contributed by atoms with van der Waals surface area (Å²) in [4.78, 5) is 22.3. The van der Waals surface area contributed by atoms with Crippen LogP contribution in [0.5, 0.6) is 6.01 Å². The highest BCUT2D eigenvalue weighted by Gasteiger charge is 2.06. The molecule has 0 atom stereocenters. The van der Waals surface area contributed by atoms with Crippen molar-refractivity contribution in [3.05, 3.63) is 0 Å². The Kier molecular flexibility index (Phi) is 5.09. The number of rotatable bonds is 7. The van der Waals surface area contributed by atoms with Gasteiger partial charge in [-0.25, -0.2) is 0 Å². The molecule has 0 fully saturated rings. The Labute approximate surface area is 105 Å². The SMILES string of the molecule is CC(C)Oc1nc(N)nc(NCCCC(N)=O)n1. The molecule has 0 aliphatic carbocycles. The normalized spacial score (nSPS) is 10.4.